The number of ether oxygens (including phenoxy) is 2. The van der Waals surface area contributed by atoms with Crippen molar-refractivity contribution < 1.29 is 29.6 Å². The first-order chi connectivity index (χ1) is 7.93. The van der Waals surface area contributed by atoms with Crippen molar-refractivity contribution in [2.45, 2.75) is 37.6 Å². The Kier molecular flexibility index (Phi) is 4.84. The molecule has 1 aliphatic rings. The average Bonchev–Trinajstić information content (AvgIpc) is 2.31. The van der Waals surface area contributed by atoms with E-state index in [1.165, 1.54) is 26.0 Å². The number of aliphatic hydroxyl groups excluding tert-OH is 3. The van der Waals surface area contributed by atoms with E-state index in [9.17, 15) is 15.0 Å². The van der Waals surface area contributed by atoms with Gasteiger partial charge in [-0.1, -0.05) is 0 Å². The summed E-state index contributed by atoms with van der Waals surface area (Å²) < 4.78 is 10.3. The lowest BCUT2D eigenvalue weighted by Crippen LogP contribution is -2.64. The number of hydrogen-bond donors (Lipinski definition) is 3. The number of carbonyl (C=O) groups is 1. The normalized spacial score (nSPS) is 37.9. The molecule has 7 nitrogen and oxygen atoms in total. The highest BCUT2D eigenvalue weighted by atomic mass is 16.7. The van der Waals surface area contributed by atoms with Crippen LogP contribution in [-0.2, 0) is 14.3 Å². The molecule has 1 saturated heterocycles. The molecule has 0 aromatic heterocycles. The Morgan fingerprint density at radius 1 is 1.41 bits per heavy atom. The van der Waals surface area contributed by atoms with Crippen LogP contribution in [0.15, 0.2) is 0 Å². The molecule has 3 N–H and O–H groups in total. The Hall–Kier alpha value is -0.730. The summed E-state index contributed by atoms with van der Waals surface area (Å²) in [6.45, 7) is 0.901. The molecule has 0 aliphatic carbocycles. The zero-order valence-electron chi connectivity index (χ0n) is 10.1. The minimum Gasteiger partial charge on any atom is -0.394 e. The van der Waals surface area contributed by atoms with E-state index >= 15 is 0 Å². The van der Waals surface area contributed by atoms with Gasteiger partial charge in [0.25, 0.3) is 0 Å². The number of methoxy groups -OCH3 is 1. The van der Waals surface area contributed by atoms with Crippen LogP contribution >= 0.6 is 0 Å². The topological polar surface area (TPSA) is 99.5 Å². The smallest absolute Gasteiger partial charge is 0.219 e. The Balaban J connectivity index is 2.90. The first-order valence-electron chi connectivity index (χ1n) is 5.32. The molecule has 0 aromatic rings. The summed E-state index contributed by atoms with van der Waals surface area (Å²) in [5.74, 6) is -0.283. The fraction of sp³-hybridized carbons (Fsp3) is 0.900. The standard InChI is InChI=1S/C10H19NO6/c1-5(13)11(2)7-9(15)8(14)6(4-12)17-10(7)16-3/h6-10,12,14-15H,4H2,1-3H3/t6-,7+,8+,9-,10-/m1/s1. The Morgan fingerprint density at radius 3 is 2.41 bits per heavy atom. The number of hydrogen-bond acceptors (Lipinski definition) is 6. The van der Waals surface area contributed by atoms with Crippen molar-refractivity contribution in [1.82, 2.24) is 4.90 Å². The summed E-state index contributed by atoms with van der Waals surface area (Å²) in [7, 11) is 2.85. The molecule has 100 valence electrons. The largest absolute Gasteiger partial charge is 0.394 e. The molecule has 0 unspecified atom stereocenters. The lowest BCUT2D eigenvalue weighted by molar-refractivity contribution is -0.276. The third kappa shape index (κ3) is 2.75. The van der Waals surface area contributed by atoms with Gasteiger partial charge in [-0.2, -0.15) is 0 Å². The van der Waals surface area contributed by atoms with Crippen LogP contribution in [0, 0.1) is 0 Å². The van der Waals surface area contributed by atoms with Gasteiger partial charge in [0.1, 0.15) is 24.4 Å². The Labute approximate surface area is 99.5 Å². The van der Waals surface area contributed by atoms with E-state index in [1.807, 2.05) is 0 Å². The van der Waals surface area contributed by atoms with E-state index in [1.54, 1.807) is 0 Å². The van der Waals surface area contributed by atoms with E-state index in [2.05, 4.69) is 0 Å². The molecule has 0 aromatic carbocycles. The SMILES string of the molecule is CO[C@@H]1O[C@H](CO)[C@H](O)[C@H](O)[C@@H]1N(C)C(C)=O. The fourth-order valence-electron chi connectivity index (χ4n) is 1.88. The van der Waals surface area contributed by atoms with Crippen molar-refractivity contribution in [3.8, 4) is 0 Å². The van der Waals surface area contributed by atoms with Crippen LogP contribution < -0.4 is 0 Å². The van der Waals surface area contributed by atoms with Crippen LogP contribution in [0.3, 0.4) is 0 Å². The number of nitrogens with zero attached hydrogens (tertiary/aromatic N) is 1. The van der Waals surface area contributed by atoms with Crippen LogP contribution in [-0.4, -0.2) is 77.5 Å². The molecule has 0 spiro atoms. The number of likely N-dealkylation sites (N-methyl/N-ethyl adjacent to an activating group) is 1. The molecule has 1 rings (SSSR count). The van der Waals surface area contributed by atoms with Gasteiger partial charge in [0.05, 0.1) is 6.61 Å². The Bertz CT molecular complexity index is 272. The van der Waals surface area contributed by atoms with Gasteiger partial charge >= 0.3 is 0 Å². The predicted octanol–water partition coefficient (Wildman–Crippen LogP) is -2.08. The van der Waals surface area contributed by atoms with Gasteiger partial charge in [0.2, 0.25) is 5.91 Å². The van der Waals surface area contributed by atoms with Crippen molar-refractivity contribution in [2.24, 2.45) is 0 Å². The molecule has 1 aliphatic heterocycles. The van der Waals surface area contributed by atoms with Crippen molar-refractivity contribution in [3.05, 3.63) is 0 Å². The molecular weight excluding hydrogens is 230 g/mol. The number of amides is 1. The quantitative estimate of drug-likeness (QED) is 0.531. The third-order valence-corrected chi connectivity index (χ3v) is 3.02. The van der Waals surface area contributed by atoms with Crippen LogP contribution in [0.5, 0.6) is 0 Å². The van der Waals surface area contributed by atoms with E-state index in [0.29, 0.717) is 0 Å². The second-order valence-electron chi connectivity index (χ2n) is 4.06. The zero-order valence-corrected chi connectivity index (χ0v) is 10.1. The van der Waals surface area contributed by atoms with Crippen molar-refractivity contribution >= 4 is 5.91 Å². The van der Waals surface area contributed by atoms with Crippen LogP contribution in [0.25, 0.3) is 0 Å². The maximum atomic E-state index is 11.3. The monoisotopic (exact) mass is 249 g/mol. The van der Waals surface area contributed by atoms with E-state index < -0.39 is 37.3 Å². The van der Waals surface area contributed by atoms with Crippen LogP contribution in [0.2, 0.25) is 0 Å². The molecule has 0 saturated carbocycles. The van der Waals surface area contributed by atoms with Gasteiger partial charge in [-0.05, 0) is 0 Å². The molecule has 1 fully saturated rings. The molecule has 0 bridgehead atoms. The number of carbonyl (C=O) groups excluding carboxylic acids is 1. The first-order valence-corrected chi connectivity index (χ1v) is 5.32. The summed E-state index contributed by atoms with van der Waals surface area (Å²) >= 11 is 0. The minimum absolute atomic E-state index is 0.283. The summed E-state index contributed by atoms with van der Waals surface area (Å²) in [6.07, 6.45) is -4.32. The van der Waals surface area contributed by atoms with Crippen LogP contribution in [0.1, 0.15) is 6.92 Å². The van der Waals surface area contributed by atoms with Gasteiger partial charge in [0.15, 0.2) is 6.29 Å². The van der Waals surface area contributed by atoms with Crippen molar-refractivity contribution in [2.75, 3.05) is 20.8 Å². The lowest BCUT2D eigenvalue weighted by Gasteiger charge is -2.44. The molecule has 7 heteroatoms. The predicted molar refractivity (Wildman–Crippen MR) is 57.0 cm³/mol. The van der Waals surface area contributed by atoms with Crippen molar-refractivity contribution in [1.29, 1.82) is 0 Å². The average molecular weight is 249 g/mol. The van der Waals surface area contributed by atoms with E-state index in [0.717, 1.165) is 0 Å². The van der Waals surface area contributed by atoms with Gasteiger partial charge in [-0.15, -0.1) is 0 Å². The molecule has 5 atom stereocenters. The minimum atomic E-state index is -1.27. The number of rotatable bonds is 3. The molecule has 17 heavy (non-hydrogen) atoms. The first kappa shape index (κ1) is 14.3. The molecular formula is C10H19NO6. The second kappa shape index (κ2) is 5.74. The summed E-state index contributed by atoms with van der Waals surface area (Å²) in [4.78, 5) is 12.5. The van der Waals surface area contributed by atoms with Crippen LogP contribution in [0.4, 0.5) is 0 Å². The van der Waals surface area contributed by atoms with E-state index in [4.69, 9.17) is 14.6 Å². The Morgan fingerprint density at radius 2 is 2.00 bits per heavy atom. The maximum Gasteiger partial charge on any atom is 0.219 e. The second-order valence-corrected chi connectivity index (χ2v) is 4.06. The maximum absolute atomic E-state index is 11.3. The third-order valence-electron chi connectivity index (χ3n) is 3.02. The number of aliphatic hydroxyl groups is 3. The highest BCUT2D eigenvalue weighted by Crippen LogP contribution is 2.24. The fourth-order valence-corrected chi connectivity index (χ4v) is 1.88. The zero-order chi connectivity index (χ0) is 13.2. The highest BCUT2D eigenvalue weighted by molar-refractivity contribution is 5.73. The van der Waals surface area contributed by atoms with Gasteiger partial charge in [-0.25, -0.2) is 0 Å². The molecule has 1 heterocycles. The lowest BCUT2D eigenvalue weighted by atomic mass is 9.96. The van der Waals surface area contributed by atoms with Gasteiger partial charge in [0, 0.05) is 21.1 Å². The van der Waals surface area contributed by atoms with Gasteiger partial charge in [-0.3, -0.25) is 4.79 Å². The summed E-state index contributed by atoms with van der Waals surface area (Å²) in [5.41, 5.74) is 0. The summed E-state index contributed by atoms with van der Waals surface area (Å²) in [5, 5.41) is 28.7. The van der Waals surface area contributed by atoms with E-state index in [-0.39, 0.29) is 5.91 Å². The van der Waals surface area contributed by atoms with Gasteiger partial charge < -0.3 is 29.7 Å². The highest BCUT2D eigenvalue weighted by Gasteiger charge is 2.46. The molecule has 0 radical (unpaired) electrons. The summed E-state index contributed by atoms with van der Waals surface area (Å²) in [6, 6.07) is -0.810. The molecule has 1 amide bonds. The van der Waals surface area contributed by atoms with Crippen molar-refractivity contribution in [3.63, 3.8) is 0 Å².